The molecule has 0 spiro atoms. The number of methoxy groups -OCH3 is 2. The van der Waals surface area contributed by atoms with Gasteiger partial charge < -0.3 is 23.8 Å². The highest BCUT2D eigenvalue weighted by molar-refractivity contribution is 5.73. The number of fused-ring (bicyclic) bond motifs is 1. The van der Waals surface area contributed by atoms with Gasteiger partial charge in [0.2, 0.25) is 12.7 Å². The van der Waals surface area contributed by atoms with Gasteiger partial charge in [0.05, 0.1) is 14.2 Å². The summed E-state index contributed by atoms with van der Waals surface area (Å²) in [6, 6.07) is 22.2. The number of hydrogen-bond donors (Lipinski definition) is 0. The van der Waals surface area contributed by atoms with Gasteiger partial charge in [0.15, 0.2) is 23.0 Å². The fourth-order valence-electron chi connectivity index (χ4n) is 4.17. The first kappa shape index (κ1) is 22.5. The van der Waals surface area contributed by atoms with E-state index in [9.17, 15) is 4.79 Å². The van der Waals surface area contributed by atoms with Crippen molar-refractivity contribution >= 4 is 5.91 Å². The molecule has 0 N–H and O–H groups in total. The minimum absolute atomic E-state index is 0.0299. The van der Waals surface area contributed by atoms with Crippen LogP contribution in [0, 0.1) is 0 Å². The molecule has 172 valence electrons. The van der Waals surface area contributed by atoms with Crippen molar-refractivity contribution in [2.24, 2.45) is 0 Å². The smallest absolute Gasteiger partial charge is 0.231 e. The summed E-state index contributed by atoms with van der Waals surface area (Å²) in [5.41, 5.74) is 3.33. The van der Waals surface area contributed by atoms with E-state index in [1.54, 1.807) is 21.1 Å². The molecule has 0 saturated carbocycles. The van der Waals surface area contributed by atoms with Crippen molar-refractivity contribution in [3.8, 4) is 23.0 Å². The predicted molar refractivity (Wildman–Crippen MR) is 126 cm³/mol. The van der Waals surface area contributed by atoms with Gasteiger partial charge in [-0.05, 0) is 47.4 Å². The molecule has 1 amide bonds. The lowest BCUT2D eigenvalue weighted by atomic mass is 9.88. The van der Waals surface area contributed by atoms with E-state index >= 15 is 0 Å². The topological polar surface area (TPSA) is 57.2 Å². The monoisotopic (exact) mass is 447 g/mol. The van der Waals surface area contributed by atoms with Gasteiger partial charge in [-0.15, -0.1) is 0 Å². The second-order valence-corrected chi connectivity index (χ2v) is 7.99. The van der Waals surface area contributed by atoms with Crippen molar-refractivity contribution in [1.82, 2.24) is 4.90 Å². The Bertz CT molecular complexity index is 1100. The molecule has 1 aliphatic heterocycles. The predicted octanol–water partition coefficient (Wildman–Crippen LogP) is 5.00. The lowest BCUT2D eigenvalue weighted by molar-refractivity contribution is -0.129. The standard InChI is InChI=1S/C27H29NO5/c1-19(29)28(17-20-9-11-24(30-2)26(15-20)31-3)14-13-23(21-7-5-4-6-8-21)22-10-12-25-27(16-22)33-18-32-25/h4-12,15-16,23H,13-14,17-18H2,1-3H3. The van der Waals surface area contributed by atoms with Gasteiger partial charge in [0.25, 0.3) is 0 Å². The third-order valence-corrected chi connectivity index (χ3v) is 5.96. The van der Waals surface area contributed by atoms with Crippen molar-refractivity contribution in [3.05, 3.63) is 83.4 Å². The molecular formula is C27H29NO5. The third-order valence-electron chi connectivity index (χ3n) is 5.96. The largest absolute Gasteiger partial charge is 0.493 e. The highest BCUT2D eigenvalue weighted by Crippen LogP contribution is 2.37. The van der Waals surface area contributed by atoms with E-state index < -0.39 is 0 Å². The quantitative estimate of drug-likeness (QED) is 0.462. The summed E-state index contributed by atoms with van der Waals surface area (Å²) in [5.74, 6) is 3.00. The second kappa shape index (κ2) is 10.3. The van der Waals surface area contributed by atoms with Crippen LogP contribution < -0.4 is 18.9 Å². The number of benzene rings is 3. The number of amides is 1. The number of nitrogens with zero attached hydrogens (tertiary/aromatic N) is 1. The summed E-state index contributed by atoms with van der Waals surface area (Å²) in [6.07, 6.45) is 0.774. The highest BCUT2D eigenvalue weighted by atomic mass is 16.7. The van der Waals surface area contributed by atoms with Gasteiger partial charge in [-0.2, -0.15) is 0 Å². The molecule has 0 radical (unpaired) electrons. The van der Waals surface area contributed by atoms with Crippen LogP contribution in [0.5, 0.6) is 23.0 Å². The van der Waals surface area contributed by atoms with Crippen molar-refractivity contribution < 1.29 is 23.7 Å². The molecule has 0 aromatic heterocycles. The van der Waals surface area contributed by atoms with E-state index in [0.29, 0.717) is 24.6 Å². The maximum absolute atomic E-state index is 12.5. The Balaban J connectivity index is 1.55. The highest BCUT2D eigenvalue weighted by Gasteiger charge is 2.21. The Hall–Kier alpha value is -3.67. The Kier molecular flexibility index (Phi) is 7.03. The van der Waals surface area contributed by atoms with Gasteiger partial charge in [0, 0.05) is 25.9 Å². The molecule has 1 atom stereocenters. The van der Waals surface area contributed by atoms with Crippen LogP contribution in [0.4, 0.5) is 0 Å². The van der Waals surface area contributed by atoms with E-state index in [-0.39, 0.29) is 18.6 Å². The summed E-state index contributed by atoms with van der Waals surface area (Å²) in [4.78, 5) is 14.4. The Morgan fingerprint density at radius 3 is 2.39 bits per heavy atom. The van der Waals surface area contributed by atoms with E-state index in [1.165, 1.54) is 5.56 Å². The molecule has 6 nitrogen and oxygen atoms in total. The Labute approximate surface area is 194 Å². The van der Waals surface area contributed by atoms with Crippen LogP contribution in [-0.2, 0) is 11.3 Å². The molecule has 1 unspecified atom stereocenters. The third kappa shape index (κ3) is 5.22. The van der Waals surface area contributed by atoms with Crippen molar-refractivity contribution in [2.75, 3.05) is 27.6 Å². The van der Waals surface area contributed by atoms with Crippen molar-refractivity contribution in [1.29, 1.82) is 0 Å². The van der Waals surface area contributed by atoms with Crippen molar-refractivity contribution in [3.63, 3.8) is 0 Å². The summed E-state index contributed by atoms with van der Waals surface area (Å²) in [5, 5.41) is 0. The molecule has 6 heteroatoms. The Morgan fingerprint density at radius 2 is 1.67 bits per heavy atom. The fourth-order valence-corrected chi connectivity index (χ4v) is 4.17. The van der Waals surface area contributed by atoms with Gasteiger partial charge in [-0.3, -0.25) is 4.79 Å². The number of carbonyl (C=O) groups is 1. The maximum atomic E-state index is 12.5. The number of rotatable bonds is 9. The summed E-state index contributed by atoms with van der Waals surface area (Å²) in [7, 11) is 3.22. The van der Waals surface area contributed by atoms with Gasteiger partial charge >= 0.3 is 0 Å². The first-order valence-corrected chi connectivity index (χ1v) is 11.0. The SMILES string of the molecule is COc1ccc(CN(CCC(c2ccccc2)c2ccc3c(c2)OCO3)C(C)=O)cc1OC. The molecule has 0 saturated heterocycles. The average Bonchev–Trinajstić information content (AvgIpc) is 3.32. The first-order valence-electron chi connectivity index (χ1n) is 11.0. The summed E-state index contributed by atoms with van der Waals surface area (Å²) < 4.78 is 21.8. The average molecular weight is 448 g/mol. The normalized spacial score (nSPS) is 12.8. The minimum atomic E-state index is 0.0299. The minimum Gasteiger partial charge on any atom is -0.493 e. The van der Waals surface area contributed by atoms with Gasteiger partial charge in [-0.25, -0.2) is 0 Å². The fraction of sp³-hybridized carbons (Fsp3) is 0.296. The van der Waals surface area contributed by atoms with Gasteiger partial charge in [0.1, 0.15) is 0 Å². The van der Waals surface area contributed by atoms with Crippen LogP contribution in [0.2, 0.25) is 0 Å². The zero-order valence-corrected chi connectivity index (χ0v) is 19.2. The molecule has 3 aromatic carbocycles. The molecule has 1 heterocycles. The van der Waals surface area contributed by atoms with Crippen molar-refractivity contribution in [2.45, 2.75) is 25.8 Å². The van der Waals surface area contributed by atoms with E-state index in [0.717, 1.165) is 29.0 Å². The molecular weight excluding hydrogens is 418 g/mol. The molecule has 4 rings (SSSR count). The molecule has 0 bridgehead atoms. The van der Waals surface area contributed by atoms with Crippen LogP contribution in [0.25, 0.3) is 0 Å². The molecule has 3 aromatic rings. The van der Waals surface area contributed by atoms with E-state index in [4.69, 9.17) is 18.9 Å². The molecule has 1 aliphatic rings. The molecule has 0 fully saturated rings. The number of ether oxygens (including phenoxy) is 4. The van der Waals surface area contributed by atoms with Crippen LogP contribution in [0.15, 0.2) is 66.7 Å². The lowest BCUT2D eigenvalue weighted by Gasteiger charge is -2.25. The zero-order valence-electron chi connectivity index (χ0n) is 19.2. The Morgan fingerprint density at radius 1 is 0.909 bits per heavy atom. The summed E-state index contributed by atoms with van der Waals surface area (Å²) in [6.45, 7) is 2.97. The van der Waals surface area contributed by atoms with E-state index in [1.807, 2.05) is 53.4 Å². The molecule has 0 aliphatic carbocycles. The lowest BCUT2D eigenvalue weighted by Crippen LogP contribution is -2.30. The van der Waals surface area contributed by atoms with E-state index in [2.05, 4.69) is 18.2 Å². The van der Waals surface area contributed by atoms with Gasteiger partial charge in [-0.1, -0.05) is 42.5 Å². The second-order valence-electron chi connectivity index (χ2n) is 7.99. The van der Waals surface area contributed by atoms with Crippen LogP contribution in [0.1, 0.15) is 36.0 Å². The molecule has 33 heavy (non-hydrogen) atoms. The summed E-state index contributed by atoms with van der Waals surface area (Å²) >= 11 is 0. The first-order chi connectivity index (χ1) is 16.1. The van der Waals surface area contributed by atoms with Crippen LogP contribution in [-0.4, -0.2) is 38.4 Å². The van der Waals surface area contributed by atoms with Crippen LogP contribution in [0.3, 0.4) is 0 Å². The maximum Gasteiger partial charge on any atom is 0.231 e. The zero-order chi connectivity index (χ0) is 23.2. The van der Waals surface area contributed by atoms with Crippen LogP contribution >= 0.6 is 0 Å². The number of hydrogen-bond acceptors (Lipinski definition) is 5. The number of carbonyl (C=O) groups excluding carboxylic acids is 1.